The summed E-state index contributed by atoms with van der Waals surface area (Å²) in [4.78, 5) is 11.7. The van der Waals surface area contributed by atoms with E-state index in [1.807, 2.05) is 25.1 Å². The molecule has 4 nitrogen and oxygen atoms in total. The van der Waals surface area contributed by atoms with Crippen LogP contribution in [-0.2, 0) is 4.79 Å². The Morgan fingerprint density at radius 1 is 1.09 bits per heavy atom. The van der Waals surface area contributed by atoms with Gasteiger partial charge in [0.25, 0.3) is 0 Å². The molecule has 0 aliphatic heterocycles. The van der Waals surface area contributed by atoms with E-state index in [1.54, 1.807) is 7.11 Å². The zero-order valence-corrected chi connectivity index (χ0v) is 14.0. The monoisotopic (exact) mass is 315 g/mol. The highest BCUT2D eigenvalue weighted by molar-refractivity contribution is 5.98. The van der Waals surface area contributed by atoms with Gasteiger partial charge in [0.15, 0.2) is 17.3 Å². The molecule has 0 aromatic heterocycles. The number of Topliss-reactive ketones (excluding diaryl/α,β-unsaturated/α-hetero) is 1. The smallest absolute Gasteiger partial charge is 0.163 e. The summed E-state index contributed by atoms with van der Waals surface area (Å²) in [6.45, 7) is 1.89. The minimum atomic E-state index is 0.236. The number of hydrogen-bond acceptors (Lipinski definition) is 4. The predicted molar refractivity (Wildman–Crippen MR) is 91.1 cm³/mol. The molecule has 2 aliphatic rings. The molecule has 124 valence electrons. The maximum Gasteiger partial charge on any atom is 0.163 e. The highest BCUT2D eigenvalue weighted by atomic mass is 16.5. The van der Waals surface area contributed by atoms with Crippen LogP contribution < -0.4 is 14.8 Å². The average molecular weight is 315 g/mol. The highest BCUT2D eigenvalue weighted by Gasteiger charge is 2.20. The fourth-order valence-electron chi connectivity index (χ4n) is 3.32. The van der Waals surface area contributed by atoms with E-state index in [-0.39, 0.29) is 11.9 Å². The molecule has 0 saturated heterocycles. The van der Waals surface area contributed by atoms with Gasteiger partial charge in [-0.3, -0.25) is 4.79 Å². The molecule has 1 fully saturated rings. The molecular weight excluding hydrogens is 290 g/mol. The van der Waals surface area contributed by atoms with Crippen molar-refractivity contribution in [3.8, 4) is 11.5 Å². The molecule has 0 spiro atoms. The molecule has 1 aromatic rings. The van der Waals surface area contributed by atoms with Gasteiger partial charge in [-0.15, -0.1) is 0 Å². The van der Waals surface area contributed by atoms with Crippen molar-refractivity contribution in [3.63, 3.8) is 0 Å². The van der Waals surface area contributed by atoms with Crippen LogP contribution in [0.3, 0.4) is 0 Å². The highest BCUT2D eigenvalue weighted by Crippen LogP contribution is 2.35. The molecule has 0 atom stereocenters. The van der Waals surface area contributed by atoms with Crippen molar-refractivity contribution < 1.29 is 14.3 Å². The molecule has 0 amide bonds. The van der Waals surface area contributed by atoms with Gasteiger partial charge in [0, 0.05) is 29.4 Å². The summed E-state index contributed by atoms with van der Waals surface area (Å²) in [6, 6.07) is 5.87. The van der Waals surface area contributed by atoms with E-state index in [2.05, 4.69) is 5.32 Å². The molecule has 0 radical (unpaired) electrons. The number of benzene rings is 1. The topological polar surface area (TPSA) is 47.6 Å². The van der Waals surface area contributed by atoms with E-state index in [0.29, 0.717) is 6.42 Å². The summed E-state index contributed by atoms with van der Waals surface area (Å²) in [5.74, 6) is 1.78. The minimum Gasteiger partial charge on any atom is -0.493 e. The SMILES string of the molecule is COc1ccc(NC2=C(C)C(=O)CC2)cc1OC1CCCCC1. The number of anilines is 1. The van der Waals surface area contributed by atoms with Crippen LogP contribution in [0.2, 0.25) is 0 Å². The number of carbonyl (C=O) groups is 1. The summed E-state index contributed by atoms with van der Waals surface area (Å²) in [5.41, 5.74) is 2.81. The Balaban J connectivity index is 1.77. The lowest BCUT2D eigenvalue weighted by molar-refractivity contribution is -0.114. The molecule has 2 aliphatic carbocycles. The standard InChI is InChI=1S/C19H25NO3/c1-13-16(9-10-17(13)21)20-14-8-11-18(22-2)19(12-14)23-15-6-4-3-5-7-15/h8,11-12,15,20H,3-7,9-10H2,1-2H3. The zero-order valence-electron chi connectivity index (χ0n) is 14.0. The van der Waals surface area contributed by atoms with E-state index < -0.39 is 0 Å². The quantitative estimate of drug-likeness (QED) is 0.871. The fourth-order valence-corrected chi connectivity index (χ4v) is 3.32. The number of ketones is 1. The maximum atomic E-state index is 11.7. The lowest BCUT2D eigenvalue weighted by Gasteiger charge is -2.24. The Morgan fingerprint density at radius 3 is 2.52 bits per heavy atom. The maximum absolute atomic E-state index is 11.7. The Hall–Kier alpha value is -1.97. The Morgan fingerprint density at radius 2 is 1.87 bits per heavy atom. The summed E-state index contributed by atoms with van der Waals surface area (Å²) in [5, 5.41) is 3.37. The number of hydrogen-bond donors (Lipinski definition) is 1. The molecule has 4 heteroatoms. The number of allylic oxidation sites excluding steroid dienone is 2. The molecule has 0 unspecified atom stereocenters. The molecule has 1 saturated carbocycles. The van der Waals surface area contributed by atoms with Gasteiger partial charge < -0.3 is 14.8 Å². The second kappa shape index (κ2) is 7.07. The minimum absolute atomic E-state index is 0.236. The molecule has 23 heavy (non-hydrogen) atoms. The van der Waals surface area contributed by atoms with E-state index >= 15 is 0 Å². The largest absolute Gasteiger partial charge is 0.493 e. The average Bonchev–Trinajstić information content (AvgIpc) is 2.88. The number of methoxy groups -OCH3 is 1. The molecule has 1 N–H and O–H groups in total. The first kappa shape index (κ1) is 15.9. The van der Waals surface area contributed by atoms with Crippen LogP contribution in [0.25, 0.3) is 0 Å². The van der Waals surface area contributed by atoms with Gasteiger partial charge in [0.1, 0.15) is 0 Å². The van der Waals surface area contributed by atoms with E-state index in [0.717, 1.165) is 47.7 Å². The van der Waals surface area contributed by atoms with Crippen LogP contribution in [0.5, 0.6) is 11.5 Å². The third-order valence-electron chi connectivity index (χ3n) is 4.78. The Bertz CT molecular complexity index is 615. The normalized spacial score (nSPS) is 19.1. The zero-order chi connectivity index (χ0) is 16.2. The third-order valence-corrected chi connectivity index (χ3v) is 4.78. The predicted octanol–water partition coefficient (Wildman–Crippen LogP) is 4.46. The van der Waals surface area contributed by atoms with E-state index in [1.165, 1.54) is 19.3 Å². The van der Waals surface area contributed by atoms with Crippen LogP contribution in [-0.4, -0.2) is 19.0 Å². The van der Waals surface area contributed by atoms with Gasteiger partial charge in [-0.1, -0.05) is 6.42 Å². The lowest BCUT2D eigenvalue weighted by atomic mass is 9.98. The number of rotatable bonds is 5. The van der Waals surface area contributed by atoms with Crippen molar-refractivity contribution in [1.82, 2.24) is 0 Å². The first-order valence-corrected chi connectivity index (χ1v) is 8.52. The van der Waals surface area contributed by atoms with Gasteiger partial charge in [-0.25, -0.2) is 0 Å². The lowest BCUT2D eigenvalue weighted by Crippen LogP contribution is -2.20. The molecule has 3 rings (SSSR count). The van der Waals surface area contributed by atoms with Crippen molar-refractivity contribution in [2.75, 3.05) is 12.4 Å². The van der Waals surface area contributed by atoms with Crippen LogP contribution in [0.15, 0.2) is 29.5 Å². The molecule has 0 heterocycles. The fraction of sp³-hybridized carbons (Fsp3) is 0.526. The Labute approximate surface area is 137 Å². The summed E-state index contributed by atoms with van der Waals surface area (Å²) in [6.07, 6.45) is 7.67. The first-order valence-electron chi connectivity index (χ1n) is 8.52. The van der Waals surface area contributed by atoms with Crippen LogP contribution in [0.1, 0.15) is 51.9 Å². The van der Waals surface area contributed by atoms with Gasteiger partial charge in [0.2, 0.25) is 0 Å². The van der Waals surface area contributed by atoms with Crippen molar-refractivity contribution in [1.29, 1.82) is 0 Å². The van der Waals surface area contributed by atoms with Crippen molar-refractivity contribution in [2.24, 2.45) is 0 Å². The third kappa shape index (κ3) is 3.69. The van der Waals surface area contributed by atoms with E-state index in [9.17, 15) is 4.79 Å². The second-order valence-corrected chi connectivity index (χ2v) is 6.40. The van der Waals surface area contributed by atoms with Crippen molar-refractivity contribution in [2.45, 2.75) is 58.0 Å². The first-order chi connectivity index (χ1) is 11.2. The number of carbonyl (C=O) groups excluding carboxylic acids is 1. The molecule has 0 bridgehead atoms. The molecular formula is C19H25NO3. The number of nitrogens with one attached hydrogen (secondary N) is 1. The summed E-state index contributed by atoms with van der Waals surface area (Å²) < 4.78 is 11.6. The van der Waals surface area contributed by atoms with Gasteiger partial charge in [-0.2, -0.15) is 0 Å². The van der Waals surface area contributed by atoms with Gasteiger partial charge in [-0.05, 0) is 51.2 Å². The summed E-state index contributed by atoms with van der Waals surface area (Å²) in [7, 11) is 1.67. The van der Waals surface area contributed by atoms with Crippen LogP contribution in [0, 0.1) is 0 Å². The Kier molecular flexibility index (Phi) is 4.89. The summed E-state index contributed by atoms with van der Waals surface area (Å²) >= 11 is 0. The second-order valence-electron chi connectivity index (χ2n) is 6.40. The van der Waals surface area contributed by atoms with Crippen molar-refractivity contribution >= 4 is 11.5 Å². The van der Waals surface area contributed by atoms with E-state index in [4.69, 9.17) is 9.47 Å². The van der Waals surface area contributed by atoms with Crippen molar-refractivity contribution in [3.05, 3.63) is 29.5 Å². The van der Waals surface area contributed by atoms with Gasteiger partial charge >= 0.3 is 0 Å². The van der Waals surface area contributed by atoms with Crippen LogP contribution >= 0.6 is 0 Å². The number of ether oxygens (including phenoxy) is 2. The molecule has 1 aromatic carbocycles. The van der Waals surface area contributed by atoms with Gasteiger partial charge in [0.05, 0.1) is 13.2 Å². The van der Waals surface area contributed by atoms with Crippen LogP contribution in [0.4, 0.5) is 5.69 Å².